The molecule has 4 aromatic carbocycles. The molecule has 0 saturated heterocycles. The molecule has 4 rings (SSSR count). The van der Waals surface area contributed by atoms with Crippen LogP contribution in [0.25, 0.3) is 10.8 Å². The molecule has 0 spiro atoms. The zero-order valence-corrected chi connectivity index (χ0v) is 25.8. The second kappa shape index (κ2) is 11.4. The van der Waals surface area contributed by atoms with Gasteiger partial charge in [-0.2, -0.15) is 0 Å². The molecular formula is C24H11I3NO9S-. The minimum absolute atomic E-state index is 0.0125. The Morgan fingerprint density at radius 2 is 1.34 bits per heavy atom. The van der Waals surface area contributed by atoms with Crippen molar-refractivity contribution in [2.24, 2.45) is 0 Å². The zero-order valence-electron chi connectivity index (χ0n) is 18.5. The molecule has 0 radical (unpaired) electrons. The Bertz CT molecular complexity index is 1720. The minimum atomic E-state index is -4.77. The van der Waals surface area contributed by atoms with Crippen LogP contribution in [0.4, 0.5) is 5.69 Å². The molecule has 0 fully saturated rings. The predicted octanol–water partition coefficient (Wildman–Crippen LogP) is 5.90. The number of hydrogen-bond donors (Lipinski definition) is 0. The Morgan fingerprint density at radius 1 is 0.789 bits per heavy atom. The Kier molecular flexibility index (Phi) is 8.55. The maximum absolute atomic E-state index is 13.3. The molecule has 0 aliphatic rings. The van der Waals surface area contributed by atoms with Crippen LogP contribution in [0.1, 0.15) is 20.7 Å². The molecular weight excluding hydrogens is 859 g/mol. The highest BCUT2D eigenvalue weighted by molar-refractivity contribution is 14.1. The first-order chi connectivity index (χ1) is 17.9. The Hall–Kier alpha value is -2.42. The molecule has 0 atom stereocenters. The van der Waals surface area contributed by atoms with Crippen LogP contribution >= 0.6 is 67.8 Å². The number of rotatable bonds is 6. The van der Waals surface area contributed by atoms with E-state index in [-0.39, 0.29) is 46.2 Å². The van der Waals surface area contributed by atoms with Crippen molar-refractivity contribution in [3.05, 3.63) is 98.7 Å². The van der Waals surface area contributed by atoms with Gasteiger partial charge in [-0.3, -0.25) is 10.1 Å². The quantitative estimate of drug-likeness (QED) is 0.0576. The fourth-order valence-electron chi connectivity index (χ4n) is 3.55. The van der Waals surface area contributed by atoms with Gasteiger partial charge in [-0.15, -0.1) is 0 Å². The van der Waals surface area contributed by atoms with Crippen molar-refractivity contribution in [1.82, 2.24) is 0 Å². The van der Waals surface area contributed by atoms with Crippen molar-refractivity contribution in [3.63, 3.8) is 0 Å². The van der Waals surface area contributed by atoms with Gasteiger partial charge in [0, 0.05) is 22.2 Å². The SMILES string of the molecule is O=C(Oc1ccc(I)cc1)c1cccc2c([N+](=O)[O-])ccc(C(=O)Oc3cc(I)c(S(=O)(=O)[O-])c(I)c3)c12. The van der Waals surface area contributed by atoms with Crippen LogP contribution in [0.15, 0.2) is 71.6 Å². The largest absolute Gasteiger partial charge is 0.744 e. The van der Waals surface area contributed by atoms with Crippen LogP contribution in [0.2, 0.25) is 0 Å². The Balaban J connectivity index is 1.81. The number of nitro benzene ring substituents is 1. The molecule has 38 heavy (non-hydrogen) atoms. The van der Waals surface area contributed by atoms with Gasteiger partial charge in [0.1, 0.15) is 21.6 Å². The molecule has 0 heterocycles. The monoisotopic (exact) mass is 870 g/mol. The number of nitrogens with zero attached hydrogens (tertiary/aromatic N) is 1. The number of ether oxygens (including phenoxy) is 2. The van der Waals surface area contributed by atoms with Gasteiger partial charge in [0.25, 0.3) is 5.69 Å². The van der Waals surface area contributed by atoms with Gasteiger partial charge in [0.05, 0.1) is 26.3 Å². The molecule has 0 aliphatic carbocycles. The van der Waals surface area contributed by atoms with Crippen molar-refractivity contribution >= 4 is 106 Å². The number of halogens is 3. The molecule has 0 aliphatic heterocycles. The standard InChI is InChI=1S/C24H12I3NO9S/c25-12-4-6-13(7-5-12)36-23(29)16-3-1-2-15-20(28(31)32)9-8-17(21(15)16)24(30)37-14-10-18(26)22(19(27)11-14)38(33,34)35/h1-11H,(H,33,34,35)/p-1. The molecule has 0 amide bonds. The molecule has 0 saturated carbocycles. The molecule has 0 unspecified atom stereocenters. The van der Waals surface area contributed by atoms with E-state index in [9.17, 15) is 32.7 Å². The first-order valence-electron chi connectivity index (χ1n) is 10.2. The van der Waals surface area contributed by atoms with E-state index in [4.69, 9.17) is 9.47 Å². The van der Waals surface area contributed by atoms with Crippen LogP contribution in [0, 0.1) is 20.8 Å². The maximum Gasteiger partial charge on any atom is 0.344 e. The third kappa shape index (κ3) is 6.08. The Morgan fingerprint density at radius 3 is 1.89 bits per heavy atom. The van der Waals surface area contributed by atoms with Crippen molar-refractivity contribution in [2.75, 3.05) is 0 Å². The highest BCUT2D eigenvalue weighted by Crippen LogP contribution is 2.34. The zero-order chi connectivity index (χ0) is 27.8. The highest BCUT2D eigenvalue weighted by atomic mass is 127. The van der Waals surface area contributed by atoms with Gasteiger partial charge in [0.15, 0.2) is 0 Å². The van der Waals surface area contributed by atoms with Gasteiger partial charge < -0.3 is 14.0 Å². The summed E-state index contributed by atoms with van der Waals surface area (Å²) in [6.45, 7) is 0. The fraction of sp³-hybridized carbons (Fsp3) is 0. The normalized spacial score (nSPS) is 11.3. The van der Waals surface area contributed by atoms with E-state index in [2.05, 4.69) is 22.6 Å². The van der Waals surface area contributed by atoms with E-state index in [1.54, 1.807) is 69.4 Å². The fourth-order valence-corrected chi connectivity index (χ4v) is 7.84. The summed E-state index contributed by atoms with van der Waals surface area (Å²) in [6, 6.07) is 15.5. The van der Waals surface area contributed by atoms with E-state index >= 15 is 0 Å². The van der Waals surface area contributed by atoms with Crippen molar-refractivity contribution < 1.29 is 37.0 Å². The molecule has 0 N–H and O–H groups in total. The topological polar surface area (TPSA) is 153 Å². The van der Waals surface area contributed by atoms with E-state index in [1.807, 2.05) is 0 Å². The summed E-state index contributed by atoms with van der Waals surface area (Å²) >= 11 is 5.37. The highest BCUT2D eigenvalue weighted by Gasteiger charge is 2.25. The predicted molar refractivity (Wildman–Crippen MR) is 160 cm³/mol. The van der Waals surface area contributed by atoms with Gasteiger partial charge in [-0.05, 0) is 122 Å². The van der Waals surface area contributed by atoms with Crippen molar-refractivity contribution in [3.8, 4) is 11.5 Å². The minimum Gasteiger partial charge on any atom is -0.744 e. The van der Waals surface area contributed by atoms with Crippen LogP contribution in [-0.4, -0.2) is 29.8 Å². The van der Waals surface area contributed by atoms with E-state index in [0.717, 1.165) is 15.7 Å². The number of nitro groups is 1. The first-order valence-corrected chi connectivity index (χ1v) is 14.9. The maximum atomic E-state index is 13.3. The van der Waals surface area contributed by atoms with Gasteiger partial charge in [-0.1, -0.05) is 6.07 Å². The van der Waals surface area contributed by atoms with Crippen LogP contribution < -0.4 is 9.47 Å². The van der Waals surface area contributed by atoms with Crippen LogP contribution in [-0.2, 0) is 10.1 Å². The van der Waals surface area contributed by atoms with E-state index < -0.39 is 31.9 Å². The molecule has 14 heteroatoms. The second-order valence-electron chi connectivity index (χ2n) is 7.52. The number of carbonyl (C=O) groups excluding carboxylic acids is 2. The molecule has 0 bridgehead atoms. The Labute approximate surface area is 256 Å². The van der Waals surface area contributed by atoms with E-state index in [1.165, 1.54) is 30.3 Å². The molecule has 4 aromatic rings. The smallest absolute Gasteiger partial charge is 0.344 e. The van der Waals surface area contributed by atoms with Gasteiger partial charge in [0.2, 0.25) is 0 Å². The van der Waals surface area contributed by atoms with Crippen LogP contribution in [0.5, 0.6) is 11.5 Å². The second-order valence-corrected chi connectivity index (χ2v) is 12.4. The van der Waals surface area contributed by atoms with E-state index in [0.29, 0.717) is 0 Å². The van der Waals surface area contributed by atoms with Gasteiger partial charge >= 0.3 is 11.9 Å². The third-order valence-corrected chi connectivity index (χ3v) is 9.20. The number of esters is 2. The lowest BCUT2D eigenvalue weighted by Gasteiger charge is -2.14. The van der Waals surface area contributed by atoms with Crippen LogP contribution in [0.3, 0.4) is 0 Å². The molecule has 10 nitrogen and oxygen atoms in total. The summed E-state index contributed by atoms with van der Waals surface area (Å²) in [6.07, 6.45) is 0. The average Bonchev–Trinajstić information content (AvgIpc) is 2.82. The summed E-state index contributed by atoms with van der Waals surface area (Å²) in [4.78, 5) is 37.0. The summed E-state index contributed by atoms with van der Waals surface area (Å²) in [7, 11) is -4.77. The number of non-ortho nitro benzene ring substituents is 1. The summed E-state index contributed by atoms with van der Waals surface area (Å²) in [5.41, 5.74) is -0.602. The average molecular weight is 870 g/mol. The summed E-state index contributed by atoms with van der Waals surface area (Å²) in [5.74, 6) is -1.65. The number of benzene rings is 4. The number of hydrogen-bond acceptors (Lipinski definition) is 9. The summed E-state index contributed by atoms with van der Waals surface area (Å²) in [5, 5.41) is 11.6. The lowest BCUT2D eigenvalue weighted by atomic mass is 9.97. The van der Waals surface area contributed by atoms with Gasteiger partial charge in [-0.25, -0.2) is 18.0 Å². The third-order valence-electron chi connectivity index (χ3n) is 5.11. The number of carbonyl (C=O) groups is 2. The summed E-state index contributed by atoms with van der Waals surface area (Å²) < 4.78 is 46.5. The molecule has 0 aromatic heterocycles. The number of fused-ring (bicyclic) bond motifs is 1. The lowest BCUT2D eigenvalue weighted by molar-refractivity contribution is -0.383. The molecule has 194 valence electrons. The first kappa shape index (κ1) is 28.6. The van der Waals surface area contributed by atoms with Crippen molar-refractivity contribution in [1.29, 1.82) is 0 Å². The lowest BCUT2D eigenvalue weighted by Crippen LogP contribution is -2.14. The van der Waals surface area contributed by atoms with Crippen molar-refractivity contribution in [2.45, 2.75) is 4.90 Å².